The zero-order valence-electron chi connectivity index (χ0n) is 23.7. The number of hydrogen-bond donors (Lipinski definition) is 1. The summed E-state index contributed by atoms with van der Waals surface area (Å²) in [6, 6.07) is 15.9. The standard InChI is InChI=1S/C30H24F2N4O4.C2H6/c1-4-19-16-20(8-13-26(19)40-3)28(37)34-25-18-33-36-15-14-35(29(38)27(25)36)23-11-9-21(10-12-23)30(31,32)22-6-5-7-24(17-22)39-2;1-2/h1,5-13,16-18H,14-15H2,2-3H3,(H,34,37);1-2H3. The fourth-order valence-electron chi connectivity index (χ4n) is 4.53. The summed E-state index contributed by atoms with van der Waals surface area (Å²) in [4.78, 5) is 27.9. The summed E-state index contributed by atoms with van der Waals surface area (Å²) < 4.78 is 42.2. The number of ether oxygens (including phenoxy) is 2. The summed E-state index contributed by atoms with van der Waals surface area (Å²) in [6.07, 6.45) is 6.91. The highest BCUT2D eigenvalue weighted by atomic mass is 19.3. The molecule has 1 aromatic heterocycles. The molecule has 0 unspecified atom stereocenters. The average Bonchev–Trinajstić information content (AvgIpc) is 3.45. The third kappa shape index (κ3) is 5.67. The van der Waals surface area contributed by atoms with Crippen LogP contribution in [0.2, 0.25) is 0 Å². The lowest BCUT2D eigenvalue weighted by Gasteiger charge is -2.28. The van der Waals surface area contributed by atoms with E-state index in [4.69, 9.17) is 15.9 Å². The molecule has 0 saturated carbocycles. The SMILES string of the molecule is C#Cc1cc(C(=O)Nc2cnn3c2C(=O)N(c2ccc(C(F)(F)c4cccc(OC)c4)cc2)CC3)ccc1OC.CC. The van der Waals surface area contributed by atoms with Crippen molar-refractivity contribution >= 4 is 23.2 Å². The Morgan fingerprint density at radius 3 is 2.40 bits per heavy atom. The summed E-state index contributed by atoms with van der Waals surface area (Å²) >= 11 is 0. The minimum atomic E-state index is -3.27. The average molecular weight is 573 g/mol. The molecule has 1 aliphatic heterocycles. The number of methoxy groups -OCH3 is 2. The van der Waals surface area contributed by atoms with Gasteiger partial charge in [0.05, 0.1) is 38.2 Å². The topological polar surface area (TPSA) is 85.7 Å². The van der Waals surface area contributed by atoms with E-state index in [9.17, 15) is 9.59 Å². The number of fused-ring (bicyclic) bond motifs is 1. The molecule has 2 heterocycles. The van der Waals surface area contributed by atoms with Crippen LogP contribution in [0.4, 0.5) is 20.2 Å². The van der Waals surface area contributed by atoms with Gasteiger partial charge >= 0.3 is 0 Å². The number of aromatic nitrogens is 2. The van der Waals surface area contributed by atoms with Crippen LogP contribution < -0.4 is 19.7 Å². The smallest absolute Gasteiger partial charge is 0.298 e. The third-order valence-electron chi connectivity index (χ3n) is 6.66. The molecule has 8 nitrogen and oxygen atoms in total. The summed E-state index contributed by atoms with van der Waals surface area (Å²) in [5.74, 6) is -0.914. The van der Waals surface area contributed by atoms with Crippen molar-refractivity contribution in [2.75, 3.05) is 31.0 Å². The lowest BCUT2D eigenvalue weighted by Crippen LogP contribution is -2.41. The highest BCUT2D eigenvalue weighted by Crippen LogP contribution is 2.38. The van der Waals surface area contributed by atoms with Crippen molar-refractivity contribution in [3.05, 3.63) is 101 Å². The molecule has 216 valence electrons. The number of halogens is 2. The molecular weight excluding hydrogens is 542 g/mol. The van der Waals surface area contributed by atoms with Crippen molar-refractivity contribution in [3.8, 4) is 23.8 Å². The van der Waals surface area contributed by atoms with Gasteiger partial charge in [0.25, 0.3) is 17.7 Å². The molecule has 5 rings (SSSR count). The molecule has 1 N–H and O–H groups in total. The highest BCUT2D eigenvalue weighted by molar-refractivity contribution is 6.13. The number of nitrogens with zero attached hydrogens (tertiary/aromatic N) is 3. The quantitative estimate of drug-likeness (QED) is 0.276. The molecule has 0 atom stereocenters. The first kappa shape index (κ1) is 29.8. The van der Waals surface area contributed by atoms with Crippen molar-refractivity contribution in [3.63, 3.8) is 0 Å². The van der Waals surface area contributed by atoms with Crippen molar-refractivity contribution < 1.29 is 27.8 Å². The second-order valence-corrected chi connectivity index (χ2v) is 8.95. The van der Waals surface area contributed by atoms with Crippen LogP contribution in [0.3, 0.4) is 0 Å². The van der Waals surface area contributed by atoms with Crippen LogP contribution in [0.15, 0.2) is 72.9 Å². The van der Waals surface area contributed by atoms with Gasteiger partial charge in [0.2, 0.25) is 0 Å². The van der Waals surface area contributed by atoms with Crippen LogP contribution >= 0.6 is 0 Å². The van der Waals surface area contributed by atoms with Crippen molar-refractivity contribution in [1.82, 2.24) is 9.78 Å². The Kier molecular flexibility index (Phi) is 8.91. The van der Waals surface area contributed by atoms with Gasteiger partial charge < -0.3 is 19.7 Å². The maximum Gasteiger partial charge on any atom is 0.298 e. The van der Waals surface area contributed by atoms with E-state index in [2.05, 4.69) is 16.3 Å². The van der Waals surface area contributed by atoms with Gasteiger partial charge in [-0.3, -0.25) is 14.3 Å². The van der Waals surface area contributed by atoms with Gasteiger partial charge in [0.1, 0.15) is 17.2 Å². The van der Waals surface area contributed by atoms with Crippen LogP contribution in [0, 0.1) is 12.3 Å². The molecule has 10 heteroatoms. The van der Waals surface area contributed by atoms with Gasteiger partial charge in [-0.25, -0.2) is 0 Å². The number of nitrogens with one attached hydrogen (secondary N) is 1. The minimum Gasteiger partial charge on any atom is -0.497 e. The van der Waals surface area contributed by atoms with Crippen LogP contribution in [0.1, 0.15) is 51.4 Å². The van der Waals surface area contributed by atoms with E-state index in [1.807, 2.05) is 13.8 Å². The fraction of sp³-hybridized carbons (Fsp3) is 0.219. The molecular formula is C32H30F2N4O4. The van der Waals surface area contributed by atoms with Gasteiger partial charge in [-0.05, 0) is 42.5 Å². The predicted octanol–water partition coefficient (Wildman–Crippen LogP) is 5.96. The number of alkyl halides is 2. The number of rotatable bonds is 7. The first-order valence-corrected chi connectivity index (χ1v) is 13.2. The molecule has 3 aromatic carbocycles. The Labute approximate surface area is 242 Å². The fourth-order valence-corrected chi connectivity index (χ4v) is 4.53. The predicted molar refractivity (Wildman–Crippen MR) is 157 cm³/mol. The molecule has 0 spiro atoms. The number of terminal acetylenes is 1. The number of benzene rings is 3. The summed E-state index contributed by atoms with van der Waals surface area (Å²) in [6.45, 7) is 4.62. The molecule has 1 aliphatic rings. The third-order valence-corrected chi connectivity index (χ3v) is 6.66. The number of hydrogen-bond acceptors (Lipinski definition) is 5. The molecule has 42 heavy (non-hydrogen) atoms. The number of anilines is 2. The van der Waals surface area contributed by atoms with Crippen LogP contribution in [0.25, 0.3) is 0 Å². The summed E-state index contributed by atoms with van der Waals surface area (Å²) in [5.41, 5.74) is 1.10. The largest absolute Gasteiger partial charge is 0.497 e. The Morgan fingerprint density at radius 2 is 1.74 bits per heavy atom. The monoisotopic (exact) mass is 572 g/mol. The Hall–Kier alpha value is -5.17. The van der Waals surface area contributed by atoms with Crippen molar-refractivity contribution in [2.45, 2.75) is 26.3 Å². The first-order chi connectivity index (χ1) is 20.3. The molecule has 0 bridgehead atoms. The molecule has 0 fully saturated rings. The van der Waals surface area contributed by atoms with Crippen molar-refractivity contribution in [1.29, 1.82) is 0 Å². The zero-order chi connectivity index (χ0) is 30.4. The van der Waals surface area contributed by atoms with Crippen LogP contribution in [0.5, 0.6) is 11.5 Å². The Morgan fingerprint density at radius 1 is 1.00 bits per heavy atom. The van der Waals surface area contributed by atoms with E-state index in [1.165, 1.54) is 78.5 Å². The van der Waals surface area contributed by atoms with Gasteiger partial charge in [-0.1, -0.05) is 44.0 Å². The number of amides is 2. The van der Waals surface area contributed by atoms with E-state index < -0.39 is 17.7 Å². The second-order valence-electron chi connectivity index (χ2n) is 8.95. The first-order valence-electron chi connectivity index (χ1n) is 13.2. The van der Waals surface area contributed by atoms with E-state index >= 15 is 8.78 Å². The van der Waals surface area contributed by atoms with E-state index in [0.29, 0.717) is 29.3 Å². The van der Waals surface area contributed by atoms with Crippen LogP contribution in [-0.2, 0) is 12.5 Å². The summed E-state index contributed by atoms with van der Waals surface area (Å²) in [5, 5.41) is 6.96. The Bertz CT molecular complexity index is 1640. The lowest BCUT2D eigenvalue weighted by molar-refractivity contribution is 0.0426. The zero-order valence-corrected chi connectivity index (χ0v) is 23.7. The minimum absolute atomic E-state index is 0.177. The number of carbonyl (C=O) groups is 2. The molecule has 4 aromatic rings. The summed E-state index contributed by atoms with van der Waals surface area (Å²) in [7, 11) is 2.89. The lowest BCUT2D eigenvalue weighted by atomic mass is 9.99. The second kappa shape index (κ2) is 12.6. The normalized spacial score (nSPS) is 12.4. The molecule has 0 aliphatic carbocycles. The number of carbonyl (C=O) groups excluding carboxylic acids is 2. The Balaban J connectivity index is 0.00000198. The molecule has 2 amide bonds. The van der Waals surface area contributed by atoms with Gasteiger partial charge in [-0.2, -0.15) is 13.9 Å². The van der Waals surface area contributed by atoms with E-state index in [-0.39, 0.29) is 34.6 Å². The maximum atomic E-state index is 15.2. The van der Waals surface area contributed by atoms with Crippen molar-refractivity contribution in [2.24, 2.45) is 0 Å². The van der Waals surface area contributed by atoms with Gasteiger partial charge in [0.15, 0.2) is 0 Å². The molecule has 0 radical (unpaired) electrons. The maximum absolute atomic E-state index is 15.2. The highest BCUT2D eigenvalue weighted by Gasteiger charge is 2.35. The van der Waals surface area contributed by atoms with Crippen LogP contribution in [-0.4, -0.2) is 42.4 Å². The van der Waals surface area contributed by atoms with E-state index in [1.54, 1.807) is 18.2 Å². The molecule has 0 saturated heterocycles. The van der Waals surface area contributed by atoms with E-state index in [0.717, 1.165) is 0 Å². The van der Waals surface area contributed by atoms with Gasteiger partial charge in [0, 0.05) is 28.9 Å². The van der Waals surface area contributed by atoms with Gasteiger partial charge in [-0.15, -0.1) is 6.42 Å².